The quantitative estimate of drug-likeness (QED) is 0.351. The van der Waals surface area contributed by atoms with Crippen molar-refractivity contribution >= 4 is 22.6 Å². The highest BCUT2D eigenvalue weighted by Gasteiger charge is 2.20. The van der Waals surface area contributed by atoms with Crippen LogP contribution in [0.15, 0.2) is 63.8 Å². The van der Waals surface area contributed by atoms with Crippen molar-refractivity contribution in [2.24, 2.45) is 0 Å². The van der Waals surface area contributed by atoms with Crippen LogP contribution in [-0.2, 0) is 0 Å². The second-order valence-electron chi connectivity index (χ2n) is 7.46. The first kappa shape index (κ1) is 20.2. The summed E-state index contributed by atoms with van der Waals surface area (Å²) in [5.74, 6) is 1.22. The van der Waals surface area contributed by atoms with Crippen molar-refractivity contribution in [1.29, 1.82) is 0 Å². The highest BCUT2D eigenvalue weighted by Crippen LogP contribution is 2.33. The topological polar surface area (TPSA) is 52.3 Å². The molecule has 1 unspecified atom stereocenters. The monoisotopic (exact) mass is 419 g/mol. The molecule has 0 aliphatic carbocycles. The number of ether oxygens (including phenoxy) is 1. The van der Waals surface area contributed by atoms with Gasteiger partial charge < -0.3 is 9.15 Å². The maximum atomic E-state index is 13.2. The number of aromatic nitrogens is 1. The van der Waals surface area contributed by atoms with Gasteiger partial charge in [-0.2, -0.15) is 0 Å². The molecule has 4 rings (SSSR count). The van der Waals surface area contributed by atoms with Crippen LogP contribution in [0, 0.1) is 20.8 Å². The van der Waals surface area contributed by atoms with Gasteiger partial charge in [0.05, 0.1) is 11.1 Å². The molecule has 152 valence electrons. The predicted octanol–water partition coefficient (Wildman–Crippen LogP) is 6.57. The minimum absolute atomic E-state index is 0.0309. The maximum absolute atomic E-state index is 13.2. The molecular weight excluding hydrogens is 398 g/mol. The maximum Gasteiger partial charge on any atom is 0.196 e. The lowest BCUT2D eigenvalue weighted by atomic mass is 10.00. The highest BCUT2D eigenvalue weighted by atomic mass is 35.5. The summed E-state index contributed by atoms with van der Waals surface area (Å²) in [6, 6.07) is 17.0. The van der Waals surface area contributed by atoms with E-state index in [0.29, 0.717) is 38.9 Å². The molecule has 2 aromatic heterocycles. The molecule has 1 atom stereocenters. The Bertz CT molecular complexity index is 1300. The van der Waals surface area contributed by atoms with Gasteiger partial charge in [-0.1, -0.05) is 41.9 Å². The third-order valence-electron chi connectivity index (χ3n) is 5.17. The van der Waals surface area contributed by atoms with E-state index in [4.69, 9.17) is 20.8 Å². The normalized spacial score (nSPS) is 12.2. The zero-order valence-electron chi connectivity index (χ0n) is 17.3. The lowest BCUT2D eigenvalue weighted by Crippen LogP contribution is -2.11. The molecule has 30 heavy (non-hydrogen) atoms. The molecule has 0 aliphatic rings. The van der Waals surface area contributed by atoms with E-state index in [1.807, 2.05) is 63.2 Å². The van der Waals surface area contributed by atoms with Crippen molar-refractivity contribution in [2.45, 2.75) is 33.8 Å². The third kappa shape index (κ3) is 3.71. The molecule has 0 N–H and O–H groups in total. The van der Waals surface area contributed by atoms with Crippen molar-refractivity contribution in [3.8, 4) is 17.1 Å². The van der Waals surface area contributed by atoms with E-state index in [1.54, 1.807) is 19.1 Å². The zero-order valence-corrected chi connectivity index (χ0v) is 18.1. The van der Waals surface area contributed by atoms with Crippen molar-refractivity contribution in [2.75, 3.05) is 0 Å². The van der Waals surface area contributed by atoms with E-state index in [1.165, 1.54) is 0 Å². The number of hydrogen-bond acceptors (Lipinski definition) is 4. The van der Waals surface area contributed by atoms with Crippen LogP contribution in [0.25, 0.3) is 22.3 Å². The molecule has 0 radical (unpaired) electrons. The second-order valence-corrected chi connectivity index (χ2v) is 7.85. The molecule has 4 nitrogen and oxygen atoms in total. The smallest absolute Gasteiger partial charge is 0.196 e. The Morgan fingerprint density at radius 1 is 1.03 bits per heavy atom. The molecule has 0 bridgehead atoms. The van der Waals surface area contributed by atoms with E-state index in [2.05, 4.69) is 4.98 Å². The fraction of sp³-hybridized carbons (Fsp3) is 0.200. The van der Waals surface area contributed by atoms with Gasteiger partial charge >= 0.3 is 0 Å². The van der Waals surface area contributed by atoms with Crippen LogP contribution in [0.4, 0.5) is 0 Å². The zero-order chi connectivity index (χ0) is 21.4. The number of aryl methyl sites for hydroxylation is 2. The van der Waals surface area contributed by atoms with Crippen molar-refractivity contribution in [3.63, 3.8) is 0 Å². The van der Waals surface area contributed by atoms with E-state index < -0.39 is 0 Å². The van der Waals surface area contributed by atoms with Crippen LogP contribution in [0.1, 0.15) is 35.4 Å². The van der Waals surface area contributed by atoms with Crippen molar-refractivity contribution in [1.82, 2.24) is 4.98 Å². The SMILES string of the molecule is Cc1cc(C(C)Oc2ccc(Cl)nc2C)c2oc(-c3ccccc3)c(C)c(=O)c2c1. The molecular formula is C25H22ClNO3. The first-order valence-corrected chi connectivity index (χ1v) is 10.2. The Morgan fingerprint density at radius 3 is 2.47 bits per heavy atom. The molecule has 0 saturated heterocycles. The van der Waals surface area contributed by atoms with Gasteiger partial charge in [-0.15, -0.1) is 0 Å². The first-order chi connectivity index (χ1) is 14.3. The summed E-state index contributed by atoms with van der Waals surface area (Å²) in [6.07, 6.45) is -0.358. The summed E-state index contributed by atoms with van der Waals surface area (Å²) < 4.78 is 12.5. The van der Waals surface area contributed by atoms with Crippen LogP contribution in [0.2, 0.25) is 5.15 Å². The number of halogens is 1. The minimum atomic E-state index is -0.358. The molecule has 2 heterocycles. The molecule has 0 spiro atoms. The highest BCUT2D eigenvalue weighted by molar-refractivity contribution is 6.29. The lowest BCUT2D eigenvalue weighted by molar-refractivity contribution is 0.224. The number of hydrogen-bond donors (Lipinski definition) is 0. The van der Waals surface area contributed by atoms with Crippen LogP contribution in [-0.4, -0.2) is 4.98 Å². The Hall–Kier alpha value is -3.11. The van der Waals surface area contributed by atoms with Crippen LogP contribution >= 0.6 is 11.6 Å². The first-order valence-electron chi connectivity index (χ1n) is 9.78. The average molecular weight is 420 g/mol. The lowest BCUT2D eigenvalue weighted by Gasteiger charge is -2.19. The largest absolute Gasteiger partial charge is 0.484 e. The minimum Gasteiger partial charge on any atom is -0.484 e. The van der Waals surface area contributed by atoms with Crippen LogP contribution in [0.5, 0.6) is 5.75 Å². The van der Waals surface area contributed by atoms with Gasteiger partial charge in [0.25, 0.3) is 0 Å². The summed E-state index contributed by atoms with van der Waals surface area (Å²) in [4.78, 5) is 17.4. The molecule has 0 fully saturated rings. The van der Waals surface area contributed by atoms with Gasteiger partial charge in [0, 0.05) is 16.7 Å². The Labute approximate surface area is 180 Å². The molecule has 0 aliphatic heterocycles. The third-order valence-corrected chi connectivity index (χ3v) is 5.38. The van der Waals surface area contributed by atoms with Crippen molar-refractivity contribution in [3.05, 3.63) is 92.4 Å². The summed E-state index contributed by atoms with van der Waals surface area (Å²) in [6.45, 7) is 7.55. The Kier molecular flexibility index (Phi) is 5.35. The van der Waals surface area contributed by atoms with Gasteiger partial charge in [-0.3, -0.25) is 4.79 Å². The second kappa shape index (κ2) is 7.96. The number of pyridine rings is 1. The van der Waals surface area contributed by atoms with E-state index >= 15 is 0 Å². The molecule has 0 amide bonds. The number of fused-ring (bicyclic) bond motifs is 1. The van der Waals surface area contributed by atoms with Gasteiger partial charge in [-0.25, -0.2) is 4.98 Å². The predicted molar refractivity (Wildman–Crippen MR) is 120 cm³/mol. The average Bonchev–Trinajstić information content (AvgIpc) is 2.73. The van der Waals surface area contributed by atoms with E-state index in [-0.39, 0.29) is 11.5 Å². The van der Waals surface area contributed by atoms with Gasteiger partial charge in [0.1, 0.15) is 28.3 Å². The Balaban J connectivity index is 1.89. The van der Waals surface area contributed by atoms with Gasteiger partial charge in [-0.05, 0) is 57.5 Å². The fourth-order valence-corrected chi connectivity index (χ4v) is 3.82. The summed E-state index contributed by atoms with van der Waals surface area (Å²) in [5, 5.41) is 0.978. The summed E-state index contributed by atoms with van der Waals surface area (Å²) in [7, 11) is 0. The fourth-order valence-electron chi connectivity index (χ4n) is 3.63. The van der Waals surface area contributed by atoms with E-state index in [9.17, 15) is 4.79 Å². The summed E-state index contributed by atoms with van der Waals surface area (Å²) >= 11 is 5.96. The molecule has 0 saturated carbocycles. The number of nitrogens with zero attached hydrogens (tertiary/aromatic N) is 1. The Morgan fingerprint density at radius 2 is 1.77 bits per heavy atom. The van der Waals surface area contributed by atoms with Crippen LogP contribution < -0.4 is 10.2 Å². The van der Waals surface area contributed by atoms with Gasteiger partial charge in [0.2, 0.25) is 0 Å². The van der Waals surface area contributed by atoms with Crippen LogP contribution in [0.3, 0.4) is 0 Å². The van der Waals surface area contributed by atoms with E-state index in [0.717, 1.165) is 16.7 Å². The number of rotatable bonds is 4. The standard InChI is InChI=1S/C25H22ClNO3/c1-14-12-19(17(4)29-21-10-11-22(26)27-16(21)3)25-20(13-14)23(28)15(2)24(30-25)18-8-6-5-7-9-18/h5-13,17H,1-4H3. The summed E-state index contributed by atoms with van der Waals surface area (Å²) in [5.41, 5.74) is 4.46. The van der Waals surface area contributed by atoms with Crippen molar-refractivity contribution < 1.29 is 9.15 Å². The van der Waals surface area contributed by atoms with Gasteiger partial charge in [0.15, 0.2) is 5.43 Å². The molecule has 5 heteroatoms. The molecule has 2 aromatic carbocycles. The number of benzene rings is 2. The molecule has 4 aromatic rings.